The molecule has 4 aromatic carbocycles. The van der Waals surface area contributed by atoms with Crippen LogP contribution >= 0.6 is 11.3 Å². The van der Waals surface area contributed by atoms with Crippen molar-refractivity contribution in [3.8, 4) is 34.1 Å². The highest BCUT2D eigenvalue weighted by Crippen LogP contribution is 2.34. The summed E-state index contributed by atoms with van der Waals surface area (Å²) in [5.41, 5.74) is 4.74. The lowest BCUT2D eigenvalue weighted by Crippen LogP contribution is -2.03. The molecule has 0 aliphatic heterocycles. The van der Waals surface area contributed by atoms with Crippen molar-refractivity contribution in [1.82, 2.24) is 4.98 Å². The Morgan fingerprint density at radius 1 is 0.795 bits per heavy atom. The van der Waals surface area contributed by atoms with E-state index in [0.29, 0.717) is 29.0 Å². The topological polar surface area (TPSA) is 56.9 Å². The van der Waals surface area contributed by atoms with Crippen molar-refractivity contribution < 1.29 is 13.9 Å². The molecule has 2 aromatic heterocycles. The van der Waals surface area contributed by atoms with Crippen LogP contribution in [0.25, 0.3) is 33.6 Å². The van der Waals surface area contributed by atoms with Crippen LogP contribution in [0.4, 0.5) is 5.13 Å². The number of nitrogens with zero attached hydrogens (tertiary/aromatic N) is 2. The van der Waals surface area contributed by atoms with E-state index in [2.05, 4.69) is 19.1 Å². The highest BCUT2D eigenvalue weighted by molar-refractivity contribution is 7.15. The fourth-order valence-corrected chi connectivity index (χ4v) is 5.24. The Kier molecular flexibility index (Phi) is 6.93. The fourth-order valence-electron chi connectivity index (χ4n) is 4.42. The van der Waals surface area contributed by atoms with Gasteiger partial charge in [-0.15, -0.1) is 0 Å². The Morgan fingerprint density at radius 2 is 1.54 bits per heavy atom. The maximum Gasteiger partial charge on any atom is 0.210 e. The zero-order chi connectivity index (χ0) is 26.6. The van der Waals surface area contributed by atoms with Crippen LogP contribution in [-0.2, 0) is 6.61 Å². The van der Waals surface area contributed by atoms with E-state index in [1.807, 2.05) is 97.1 Å². The van der Waals surface area contributed by atoms with Crippen molar-refractivity contribution in [1.29, 1.82) is 0 Å². The van der Waals surface area contributed by atoms with Crippen LogP contribution in [0.2, 0.25) is 0 Å². The highest BCUT2D eigenvalue weighted by Gasteiger charge is 2.13. The van der Waals surface area contributed by atoms with Gasteiger partial charge in [-0.05, 0) is 42.8 Å². The number of ether oxygens (including phenoxy) is 2. The maximum atomic E-state index is 6.32. The first kappa shape index (κ1) is 24.6. The molecule has 39 heavy (non-hydrogen) atoms. The van der Waals surface area contributed by atoms with Crippen molar-refractivity contribution in [2.75, 3.05) is 7.11 Å². The lowest BCUT2D eigenvalue weighted by Gasteiger charge is -2.12. The number of rotatable bonds is 7. The van der Waals surface area contributed by atoms with Crippen molar-refractivity contribution >= 4 is 27.4 Å². The van der Waals surface area contributed by atoms with Crippen LogP contribution in [0.1, 0.15) is 10.4 Å². The number of para-hydroxylation sites is 1. The molecule has 0 amide bonds. The van der Waals surface area contributed by atoms with E-state index in [1.54, 1.807) is 18.4 Å². The second kappa shape index (κ2) is 11.0. The normalized spacial score (nSPS) is 11.6. The van der Waals surface area contributed by atoms with Crippen LogP contribution in [0.5, 0.6) is 11.5 Å². The van der Waals surface area contributed by atoms with E-state index in [0.717, 1.165) is 43.6 Å². The third-order valence-electron chi connectivity index (χ3n) is 6.38. The molecular formula is C33H26N2O3S. The highest BCUT2D eigenvalue weighted by atomic mass is 32.1. The van der Waals surface area contributed by atoms with Gasteiger partial charge in [-0.2, -0.15) is 0 Å². The Labute approximate surface area is 230 Å². The monoisotopic (exact) mass is 530 g/mol. The van der Waals surface area contributed by atoms with E-state index in [9.17, 15) is 0 Å². The van der Waals surface area contributed by atoms with Crippen LogP contribution < -0.4 is 14.8 Å². The number of benzene rings is 4. The lowest BCUT2D eigenvalue weighted by molar-refractivity contribution is 0.284. The third kappa shape index (κ3) is 5.33. The predicted molar refractivity (Wildman–Crippen MR) is 156 cm³/mol. The zero-order valence-corrected chi connectivity index (χ0v) is 22.4. The summed E-state index contributed by atoms with van der Waals surface area (Å²) in [4.78, 5) is 11.0. The third-order valence-corrected chi connectivity index (χ3v) is 7.25. The van der Waals surface area contributed by atoms with Crippen molar-refractivity contribution in [2.45, 2.75) is 13.5 Å². The summed E-state index contributed by atoms with van der Waals surface area (Å²) in [7, 11) is 1.64. The van der Waals surface area contributed by atoms with Crippen LogP contribution in [0.15, 0.2) is 119 Å². The minimum atomic E-state index is 0.456. The first-order valence-corrected chi connectivity index (χ1v) is 13.5. The van der Waals surface area contributed by atoms with Gasteiger partial charge >= 0.3 is 0 Å². The summed E-state index contributed by atoms with van der Waals surface area (Å²) >= 11 is 1.58. The molecule has 2 heterocycles. The maximum absolute atomic E-state index is 6.32. The molecule has 0 saturated heterocycles. The van der Waals surface area contributed by atoms with E-state index < -0.39 is 0 Å². The van der Waals surface area contributed by atoms with E-state index in [4.69, 9.17) is 23.9 Å². The molecule has 0 saturated carbocycles. The Morgan fingerprint density at radius 3 is 2.33 bits per heavy atom. The molecule has 0 aliphatic carbocycles. The Bertz CT molecular complexity index is 1810. The molecule has 0 radical (unpaired) electrons. The van der Waals surface area contributed by atoms with Crippen LogP contribution in [0.3, 0.4) is 0 Å². The number of aromatic nitrogens is 1. The average Bonchev–Trinajstić information content (AvgIpc) is 3.36. The van der Waals surface area contributed by atoms with Gasteiger partial charge in [0.25, 0.3) is 0 Å². The molecule has 0 bridgehead atoms. The molecule has 0 atom stereocenters. The Hall–Kier alpha value is -4.68. The largest absolute Gasteiger partial charge is 0.493 e. The summed E-state index contributed by atoms with van der Waals surface area (Å²) in [5.74, 6) is 1.98. The van der Waals surface area contributed by atoms with Gasteiger partial charge in [0, 0.05) is 27.5 Å². The lowest BCUT2D eigenvalue weighted by atomic mass is 10.1. The number of hydrogen-bond acceptors (Lipinski definition) is 6. The Balaban J connectivity index is 1.39. The number of methoxy groups -OCH3 is 1. The SMILES string of the molecule is COc1cc(-c2c/c(=N\c3nc(-c4ccccc4)c(C)s3)c3ccccc3o2)ccc1OCc1ccccc1. The first-order valence-electron chi connectivity index (χ1n) is 12.6. The molecule has 6 aromatic rings. The summed E-state index contributed by atoms with van der Waals surface area (Å²) in [6, 6.07) is 35.9. The van der Waals surface area contributed by atoms with Crippen LogP contribution in [-0.4, -0.2) is 12.1 Å². The van der Waals surface area contributed by atoms with Gasteiger partial charge in [0.15, 0.2) is 11.5 Å². The summed E-state index contributed by atoms with van der Waals surface area (Å²) in [6.45, 7) is 2.54. The number of fused-ring (bicyclic) bond motifs is 1. The van der Waals surface area contributed by atoms with E-state index in [1.165, 1.54) is 0 Å². The van der Waals surface area contributed by atoms with Gasteiger partial charge in [0.2, 0.25) is 5.13 Å². The van der Waals surface area contributed by atoms with Gasteiger partial charge < -0.3 is 13.9 Å². The number of hydrogen-bond donors (Lipinski definition) is 0. The van der Waals surface area contributed by atoms with Gasteiger partial charge in [-0.25, -0.2) is 9.98 Å². The first-order chi connectivity index (χ1) is 19.2. The molecule has 0 fully saturated rings. The summed E-state index contributed by atoms with van der Waals surface area (Å²) in [5, 5.41) is 2.42. The van der Waals surface area contributed by atoms with Crippen molar-refractivity contribution in [2.24, 2.45) is 4.99 Å². The van der Waals surface area contributed by atoms with Crippen molar-refractivity contribution in [3.63, 3.8) is 0 Å². The molecule has 0 unspecified atom stereocenters. The minimum Gasteiger partial charge on any atom is -0.493 e. The second-order valence-electron chi connectivity index (χ2n) is 9.01. The van der Waals surface area contributed by atoms with Crippen molar-refractivity contribution in [3.05, 3.63) is 125 Å². The number of thiazole rings is 1. The predicted octanol–water partition coefficient (Wildman–Crippen LogP) is 8.35. The molecule has 0 aliphatic rings. The van der Waals surface area contributed by atoms with E-state index in [-0.39, 0.29) is 0 Å². The number of aryl methyl sites for hydroxylation is 1. The fraction of sp³-hybridized carbons (Fsp3) is 0.0909. The summed E-state index contributed by atoms with van der Waals surface area (Å²) < 4.78 is 18.0. The summed E-state index contributed by atoms with van der Waals surface area (Å²) in [6.07, 6.45) is 0. The second-order valence-corrected chi connectivity index (χ2v) is 10.2. The van der Waals surface area contributed by atoms with Crippen LogP contribution in [0, 0.1) is 6.92 Å². The molecule has 5 nitrogen and oxygen atoms in total. The quantitative estimate of drug-likeness (QED) is 0.208. The van der Waals surface area contributed by atoms with Gasteiger partial charge in [0.05, 0.1) is 18.2 Å². The standard InChI is InChI=1S/C33H26N2O3S/c1-22-32(24-13-7-4-8-14-24)35-33(39-22)34-27-20-30(38-28-16-10-9-15-26(27)28)25-17-18-29(31(19-25)36-2)37-21-23-11-5-3-6-12-23/h3-20H,21H2,1-2H3/b34-27+. The zero-order valence-electron chi connectivity index (χ0n) is 21.6. The molecule has 6 rings (SSSR count). The molecular weight excluding hydrogens is 504 g/mol. The smallest absolute Gasteiger partial charge is 0.210 e. The van der Waals surface area contributed by atoms with Gasteiger partial charge in [-0.3, -0.25) is 0 Å². The molecule has 192 valence electrons. The molecule has 0 N–H and O–H groups in total. The van der Waals surface area contributed by atoms with Gasteiger partial charge in [-0.1, -0.05) is 84.1 Å². The average molecular weight is 531 g/mol. The van der Waals surface area contributed by atoms with E-state index >= 15 is 0 Å². The molecule has 0 spiro atoms. The minimum absolute atomic E-state index is 0.456. The molecule has 6 heteroatoms. The van der Waals surface area contributed by atoms with Gasteiger partial charge in [0.1, 0.15) is 18.0 Å².